The van der Waals surface area contributed by atoms with E-state index in [0.29, 0.717) is 31.5 Å². The molecule has 3 N–H and O–H groups in total. The standard InChI is InChI=1S/C18H27FN4O2.HI/c1-13(25-16-7-4-3-6-15(16)19)12-22-18(20-2)21-11-5-8-17(24)23-14-9-10-14;/h3-4,6-7,13-14H,5,8-12H2,1-2H3,(H,23,24)(H2,20,21,22);1H. The first-order chi connectivity index (χ1) is 12.1. The van der Waals surface area contributed by atoms with Gasteiger partial charge in [0.2, 0.25) is 5.91 Å². The normalized spacial score (nSPS) is 14.8. The number of nitrogens with one attached hydrogen (secondary N) is 3. The Hall–Kier alpha value is -1.58. The van der Waals surface area contributed by atoms with Crippen LogP contribution in [-0.4, -0.2) is 44.1 Å². The zero-order valence-electron chi connectivity index (χ0n) is 15.3. The average Bonchev–Trinajstić information content (AvgIpc) is 3.40. The van der Waals surface area contributed by atoms with E-state index in [1.165, 1.54) is 6.07 Å². The van der Waals surface area contributed by atoms with Crippen LogP contribution in [0.2, 0.25) is 0 Å². The minimum Gasteiger partial charge on any atom is -0.486 e. The van der Waals surface area contributed by atoms with Crippen LogP contribution in [0.3, 0.4) is 0 Å². The number of ether oxygens (including phenoxy) is 1. The van der Waals surface area contributed by atoms with Crippen LogP contribution in [0.15, 0.2) is 29.3 Å². The van der Waals surface area contributed by atoms with Crippen LogP contribution in [0.1, 0.15) is 32.6 Å². The number of amides is 1. The van der Waals surface area contributed by atoms with Crippen molar-refractivity contribution in [2.24, 2.45) is 4.99 Å². The first kappa shape index (κ1) is 22.5. The summed E-state index contributed by atoms with van der Waals surface area (Å²) in [4.78, 5) is 15.7. The predicted molar refractivity (Wildman–Crippen MR) is 112 cm³/mol. The molecule has 146 valence electrons. The van der Waals surface area contributed by atoms with E-state index in [1.807, 2.05) is 6.92 Å². The van der Waals surface area contributed by atoms with Crippen molar-refractivity contribution in [2.45, 2.75) is 44.8 Å². The molecule has 0 saturated heterocycles. The van der Waals surface area contributed by atoms with Gasteiger partial charge in [0.25, 0.3) is 0 Å². The lowest BCUT2D eigenvalue weighted by Crippen LogP contribution is -2.42. The SMILES string of the molecule is CN=C(NCCCC(=O)NC1CC1)NCC(C)Oc1ccccc1F.I. The molecule has 1 atom stereocenters. The average molecular weight is 478 g/mol. The van der Waals surface area contributed by atoms with Crippen molar-refractivity contribution in [1.29, 1.82) is 0 Å². The van der Waals surface area contributed by atoms with E-state index < -0.39 is 0 Å². The van der Waals surface area contributed by atoms with Crippen LogP contribution in [0.5, 0.6) is 5.75 Å². The zero-order chi connectivity index (χ0) is 18.1. The van der Waals surface area contributed by atoms with Gasteiger partial charge in [0.15, 0.2) is 17.5 Å². The highest BCUT2D eigenvalue weighted by atomic mass is 127. The molecule has 1 amide bonds. The number of aliphatic imine (C=N–C) groups is 1. The summed E-state index contributed by atoms with van der Waals surface area (Å²) in [5.74, 6) is 0.605. The first-order valence-electron chi connectivity index (χ1n) is 8.73. The third-order valence-electron chi connectivity index (χ3n) is 3.76. The van der Waals surface area contributed by atoms with E-state index in [4.69, 9.17) is 4.74 Å². The second-order valence-corrected chi connectivity index (χ2v) is 6.18. The Labute approximate surface area is 171 Å². The van der Waals surface area contributed by atoms with Crippen molar-refractivity contribution in [2.75, 3.05) is 20.1 Å². The number of halogens is 2. The van der Waals surface area contributed by atoms with Crippen LogP contribution in [0.25, 0.3) is 0 Å². The highest BCUT2D eigenvalue weighted by molar-refractivity contribution is 14.0. The van der Waals surface area contributed by atoms with Crippen LogP contribution >= 0.6 is 24.0 Å². The number of nitrogens with zero attached hydrogens (tertiary/aromatic N) is 1. The fourth-order valence-corrected chi connectivity index (χ4v) is 2.24. The van der Waals surface area contributed by atoms with Gasteiger partial charge in [-0.05, 0) is 38.3 Å². The van der Waals surface area contributed by atoms with E-state index >= 15 is 0 Å². The number of rotatable bonds is 9. The maximum absolute atomic E-state index is 13.6. The molecule has 1 aliphatic carbocycles. The zero-order valence-corrected chi connectivity index (χ0v) is 17.6. The molecule has 1 saturated carbocycles. The van der Waals surface area contributed by atoms with Gasteiger partial charge in [0.1, 0.15) is 6.10 Å². The number of guanidine groups is 1. The van der Waals surface area contributed by atoms with Crippen molar-refractivity contribution in [1.82, 2.24) is 16.0 Å². The molecule has 26 heavy (non-hydrogen) atoms. The molecule has 1 fully saturated rings. The second-order valence-electron chi connectivity index (χ2n) is 6.18. The highest BCUT2D eigenvalue weighted by Crippen LogP contribution is 2.18. The van der Waals surface area contributed by atoms with E-state index in [9.17, 15) is 9.18 Å². The molecule has 8 heteroatoms. The second kappa shape index (κ2) is 11.9. The Morgan fingerprint density at radius 2 is 2.08 bits per heavy atom. The Bertz CT molecular complexity index is 596. The van der Waals surface area contributed by atoms with Gasteiger partial charge < -0.3 is 20.7 Å². The molecule has 0 spiro atoms. The van der Waals surface area contributed by atoms with Gasteiger partial charge in [-0.25, -0.2) is 4.39 Å². The predicted octanol–water partition coefficient (Wildman–Crippen LogP) is 2.43. The fraction of sp³-hybridized carbons (Fsp3) is 0.556. The summed E-state index contributed by atoms with van der Waals surface area (Å²) in [7, 11) is 1.68. The minimum atomic E-state index is -0.374. The largest absolute Gasteiger partial charge is 0.486 e. The Balaban J connectivity index is 0.00000338. The fourth-order valence-electron chi connectivity index (χ4n) is 2.24. The molecule has 0 aromatic heterocycles. The van der Waals surface area contributed by atoms with E-state index in [1.54, 1.807) is 25.2 Å². The maximum Gasteiger partial charge on any atom is 0.220 e. The van der Waals surface area contributed by atoms with Gasteiger partial charge in [-0.2, -0.15) is 0 Å². The number of para-hydroxylation sites is 1. The van der Waals surface area contributed by atoms with Crippen LogP contribution in [-0.2, 0) is 4.79 Å². The van der Waals surface area contributed by atoms with Crippen LogP contribution in [0.4, 0.5) is 4.39 Å². The quantitative estimate of drug-likeness (QED) is 0.221. The number of benzene rings is 1. The summed E-state index contributed by atoms with van der Waals surface area (Å²) in [5.41, 5.74) is 0. The number of carbonyl (C=O) groups is 1. The third kappa shape index (κ3) is 8.68. The van der Waals surface area contributed by atoms with Crippen LogP contribution < -0.4 is 20.7 Å². The van der Waals surface area contributed by atoms with Gasteiger partial charge >= 0.3 is 0 Å². The lowest BCUT2D eigenvalue weighted by Gasteiger charge is -2.18. The van der Waals surface area contributed by atoms with E-state index in [0.717, 1.165) is 19.3 Å². The first-order valence-corrected chi connectivity index (χ1v) is 8.73. The molecular weight excluding hydrogens is 450 g/mol. The van der Waals surface area contributed by atoms with Crippen LogP contribution in [0, 0.1) is 5.82 Å². The van der Waals surface area contributed by atoms with Crippen molar-refractivity contribution in [3.05, 3.63) is 30.1 Å². The summed E-state index contributed by atoms with van der Waals surface area (Å²) in [6, 6.07) is 6.74. The van der Waals surface area contributed by atoms with Crippen molar-refractivity contribution in [3.8, 4) is 5.75 Å². The van der Waals surface area contributed by atoms with Gasteiger partial charge in [0.05, 0.1) is 6.54 Å². The molecule has 1 unspecified atom stereocenters. The summed E-state index contributed by atoms with van der Waals surface area (Å²) in [6.45, 7) is 2.99. The molecule has 1 aliphatic rings. The monoisotopic (exact) mass is 478 g/mol. The molecule has 1 aromatic rings. The Morgan fingerprint density at radius 3 is 2.73 bits per heavy atom. The van der Waals surface area contributed by atoms with Gasteiger partial charge in [-0.3, -0.25) is 9.79 Å². The topological polar surface area (TPSA) is 74.8 Å². The van der Waals surface area contributed by atoms with Crippen molar-refractivity contribution < 1.29 is 13.9 Å². The summed E-state index contributed by atoms with van der Waals surface area (Å²) >= 11 is 0. The number of hydrogen-bond donors (Lipinski definition) is 3. The Kier molecular flexibility index (Phi) is 10.3. The van der Waals surface area contributed by atoms with Crippen molar-refractivity contribution in [3.63, 3.8) is 0 Å². The van der Waals surface area contributed by atoms with Gasteiger partial charge in [0, 0.05) is 26.1 Å². The molecule has 0 aliphatic heterocycles. The molecule has 1 aromatic carbocycles. The smallest absolute Gasteiger partial charge is 0.220 e. The van der Waals surface area contributed by atoms with E-state index in [2.05, 4.69) is 20.9 Å². The van der Waals surface area contributed by atoms with Crippen molar-refractivity contribution >= 4 is 35.8 Å². The van der Waals surface area contributed by atoms with Gasteiger partial charge in [-0.15, -0.1) is 24.0 Å². The highest BCUT2D eigenvalue weighted by Gasteiger charge is 2.22. The number of hydrogen-bond acceptors (Lipinski definition) is 3. The summed E-state index contributed by atoms with van der Waals surface area (Å²) in [5, 5.41) is 9.25. The third-order valence-corrected chi connectivity index (χ3v) is 3.76. The van der Waals surface area contributed by atoms with Gasteiger partial charge in [-0.1, -0.05) is 12.1 Å². The minimum absolute atomic E-state index is 0. The molecular formula is C18H28FIN4O2. The molecule has 0 bridgehead atoms. The maximum atomic E-state index is 13.6. The lowest BCUT2D eigenvalue weighted by atomic mass is 10.3. The summed E-state index contributed by atoms with van der Waals surface area (Å²) < 4.78 is 19.1. The molecule has 2 rings (SSSR count). The lowest BCUT2D eigenvalue weighted by molar-refractivity contribution is -0.121. The van der Waals surface area contributed by atoms with E-state index in [-0.39, 0.29) is 47.6 Å². The molecule has 0 heterocycles. The molecule has 0 radical (unpaired) electrons. The summed E-state index contributed by atoms with van der Waals surface area (Å²) in [6.07, 6.45) is 3.23. The molecule has 6 nitrogen and oxygen atoms in total. The Morgan fingerprint density at radius 1 is 1.35 bits per heavy atom. The number of carbonyl (C=O) groups excluding carboxylic acids is 1.